The third kappa shape index (κ3) is 8.83. The topological polar surface area (TPSA) is 52.2 Å². The summed E-state index contributed by atoms with van der Waals surface area (Å²) in [6.07, 6.45) is 4.26. The molecule has 0 aromatic carbocycles. The molecule has 2 rings (SSSR count). The zero-order chi connectivity index (χ0) is 14.6. The summed E-state index contributed by atoms with van der Waals surface area (Å²) in [5.74, 6) is 0. The van der Waals surface area contributed by atoms with Crippen molar-refractivity contribution in [2.24, 2.45) is 0 Å². The van der Waals surface area contributed by atoms with Gasteiger partial charge in [0.25, 0.3) is 0 Å². The van der Waals surface area contributed by atoms with E-state index in [1.54, 1.807) is 0 Å². The monoisotopic (exact) mass is 347 g/mol. The molecule has 1 aromatic rings. The van der Waals surface area contributed by atoms with Crippen LogP contribution in [0.3, 0.4) is 0 Å². The first-order valence-electron chi connectivity index (χ1n) is 8.19. The minimum atomic E-state index is 0. The Morgan fingerprint density at radius 1 is 0.864 bits per heavy atom. The summed E-state index contributed by atoms with van der Waals surface area (Å²) >= 11 is 0. The van der Waals surface area contributed by atoms with Crippen molar-refractivity contribution in [3.63, 3.8) is 0 Å². The van der Waals surface area contributed by atoms with E-state index in [1.165, 1.54) is 12.8 Å². The number of pyridine rings is 1. The van der Waals surface area contributed by atoms with E-state index >= 15 is 0 Å². The SMILES string of the molecule is [Fe].c1ccc(CN2CCCNCCNCCCNCC2)nc1. The number of rotatable bonds is 2. The Hall–Kier alpha value is -0.491. The largest absolute Gasteiger partial charge is 0.315 e. The van der Waals surface area contributed by atoms with Gasteiger partial charge in [0.2, 0.25) is 0 Å². The second-order valence-electron chi connectivity index (χ2n) is 5.55. The molecule has 0 spiro atoms. The number of nitrogens with zero attached hydrogens (tertiary/aromatic N) is 2. The molecule has 1 saturated heterocycles. The van der Waals surface area contributed by atoms with Crippen molar-refractivity contribution in [3.8, 4) is 0 Å². The minimum absolute atomic E-state index is 0. The van der Waals surface area contributed by atoms with Gasteiger partial charge >= 0.3 is 0 Å². The Morgan fingerprint density at radius 3 is 2.32 bits per heavy atom. The van der Waals surface area contributed by atoms with Crippen LogP contribution in [0.2, 0.25) is 0 Å². The van der Waals surface area contributed by atoms with Crippen molar-refractivity contribution in [2.75, 3.05) is 52.4 Å². The first-order chi connectivity index (χ1) is 10.4. The third-order valence-corrected chi connectivity index (χ3v) is 3.73. The summed E-state index contributed by atoms with van der Waals surface area (Å²) < 4.78 is 0. The zero-order valence-electron chi connectivity index (χ0n) is 13.3. The average Bonchev–Trinajstić information content (AvgIpc) is 2.52. The quantitative estimate of drug-likeness (QED) is 0.678. The van der Waals surface area contributed by atoms with Crippen molar-refractivity contribution in [1.29, 1.82) is 0 Å². The molecule has 1 aliphatic rings. The van der Waals surface area contributed by atoms with Gasteiger partial charge in [0.15, 0.2) is 0 Å². The molecule has 1 aromatic heterocycles. The molecule has 6 heteroatoms. The van der Waals surface area contributed by atoms with E-state index in [9.17, 15) is 0 Å². The fraction of sp³-hybridized carbons (Fsp3) is 0.688. The molecule has 1 fully saturated rings. The van der Waals surface area contributed by atoms with Crippen molar-refractivity contribution in [2.45, 2.75) is 19.4 Å². The average molecular weight is 347 g/mol. The van der Waals surface area contributed by atoms with E-state index in [-0.39, 0.29) is 17.1 Å². The predicted molar refractivity (Wildman–Crippen MR) is 87.4 cm³/mol. The van der Waals surface area contributed by atoms with Crippen LogP contribution in [0.5, 0.6) is 0 Å². The van der Waals surface area contributed by atoms with Gasteiger partial charge in [-0.15, -0.1) is 0 Å². The smallest absolute Gasteiger partial charge is 0.0543 e. The van der Waals surface area contributed by atoms with Gasteiger partial charge in [0.1, 0.15) is 0 Å². The van der Waals surface area contributed by atoms with E-state index in [0.717, 1.165) is 64.6 Å². The Labute approximate surface area is 145 Å². The summed E-state index contributed by atoms with van der Waals surface area (Å²) in [7, 11) is 0. The van der Waals surface area contributed by atoms with Crippen molar-refractivity contribution >= 4 is 0 Å². The number of hydrogen-bond acceptors (Lipinski definition) is 5. The molecule has 0 aliphatic carbocycles. The molecule has 5 nitrogen and oxygen atoms in total. The molecule has 3 N–H and O–H groups in total. The van der Waals surface area contributed by atoms with Crippen LogP contribution in [0.25, 0.3) is 0 Å². The molecule has 0 atom stereocenters. The van der Waals surface area contributed by atoms with Crippen molar-refractivity contribution in [3.05, 3.63) is 30.1 Å². The van der Waals surface area contributed by atoms with Gasteiger partial charge in [-0.2, -0.15) is 0 Å². The van der Waals surface area contributed by atoms with Gasteiger partial charge in [-0.05, 0) is 51.2 Å². The maximum absolute atomic E-state index is 4.44. The first kappa shape index (κ1) is 19.6. The number of nitrogens with one attached hydrogen (secondary N) is 3. The van der Waals surface area contributed by atoms with Crippen LogP contribution in [0.4, 0.5) is 0 Å². The van der Waals surface area contributed by atoms with E-state index in [1.807, 2.05) is 12.3 Å². The summed E-state index contributed by atoms with van der Waals surface area (Å²) in [5, 5.41) is 10.5. The summed E-state index contributed by atoms with van der Waals surface area (Å²) in [6.45, 7) is 9.64. The molecule has 2 heterocycles. The summed E-state index contributed by atoms with van der Waals surface area (Å²) in [4.78, 5) is 6.94. The number of aromatic nitrogens is 1. The molecule has 0 saturated carbocycles. The van der Waals surface area contributed by atoms with Gasteiger partial charge in [0.05, 0.1) is 5.69 Å². The second-order valence-corrected chi connectivity index (χ2v) is 5.55. The van der Waals surface area contributed by atoms with Crippen LogP contribution in [-0.4, -0.2) is 62.2 Å². The molecule has 0 unspecified atom stereocenters. The van der Waals surface area contributed by atoms with Crippen LogP contribution in [0, 0.1) is 0 Å². The molecule has 1 aliphatic heterocycles. The van der Waals surface area contributed by atoms with Crippen LogP contribution in [0.15, 0.2) is 24.4 Å². The predicted octanol–water partition coefficient (Wildman–Crippen LogP) is 0.444. The second kappa shape index (κ2) is 13.0. The van der Waals surface area contributed by atoms with Crippen LogP contribution in [-0.2, 0) is 23.6 Å². The molecule has 22 heavy (non-hydrogen) atoms. The van der Waals surface area contributed by atoms with Crippen LogP contribution < -0.4 is 16.0 Å². The molecule has 0 radical (unpaired) electrons. The zero-order valence-corrected chi connectivity index (χ0v) is 14.4. The maximum Gasteiger partial charge on any atom is 0.0543 e. The van der Waals surface area contributed by atoms with Gasteiger partial charge in [-0.25, -0.2) is 0 Å². The van der Waals surface area contributed by atoms with Crippen LogP contribution >= 0.6 is 0 Å². The van der Waals surface area contributed by atoms with Crippen molar-refractivity contribution < 1.29 is 17.1 Å². The fourth-order valence-electron chi connectivity index (χ4n) is 2.55. The van der Waals surface area contributed by atoms with E-state index in [0.29, 0.717) is 0 Å². The van der Waals surface area contributed by atoms with Crippen molar-refractivity contribution in [1.82, 2.24) is 25.8 Å². The first-order valence-corrected chi connectivity index (χ1v) is 8.19. The molecule has 126 valence electrons. The Balaban J connectivity index is 0.00000242. The summed E-state index contributed by atoms with van der Waals surface area (Å²) in [5.41, 5.74) is 1.16. The van der Waals surface area contributed by atoms with E-state index < -0.39 is 0 Å². The van der Waals surface area contributed by atoms with E-state index in [4.69, 9.17) is 0 Å². The maximum atomic E-state index is 4.44. The van der Waals surface area contributed by atoms with Gasteiger partial charge in [-0.1, -0.05) is 6.07 Å². The Kier molecular flexibility index (Phi) is 11.6. The van der Waals surface area contributed by atoms with Gasteiger partial charge in [-0.3, -0.25) is 9.88 Å². The summed E-state index contributed by atoms with van der Waals surface area (Å²) in [6, 6.07) is 6.16. The Morgan fingerprint density at radius 2 is 1.59 bits per heavy atom. The molecule has 0 amide bonds. The van der Waals surface area contributed by atoms with Gasteiger partial charge < -0.3 is 16.0 Å². The number of hydrogen-bond donors (Lipinski definition) is 3. The minimum Gasteiger partial charge on any atom is -0.315 e. The fourth-order valence-corrected chi connectivity index (χ4v) is 2.55. The standard InChI is InChI=1S/C16H29N5.Fe/c1-2-9-20-16(5-1)15-21-13-4-8-18-11-10-17-6-3-7-19-12-14-21;/h1-2,5,9,17-19H,3-4,6-8,10-15H2;. The third-order valence-electron chi connectivity index (χ3n) is 3.73. The van der Waals surface area contributed by atoms with Crippen LogP contribution in [0.1, 0.15) is 18.5 Å². The van der Waals surface area contributed by atoms with E-state index in [2.05, 4.69) is 38.0 Å². The van der Waals surface area contributed by atoms with Gasteiger partial charge in [0, 0.05) is 56.0 Å². The molecular formula is C16H29FeN5. The molecule has 0 bridgehead atoms. The molecular weight excluding hydrogens is 318 g/mol. The normalized spacial score (nSPS) is 19.8. The Bertz CT molecular complexity index is 349.